The lowest BCUT2D eigenvalue weighted by molar-refractivity contribution is -0.131. The normalized spacial score (nSPS) is 13.7. The van der Waals surface area contributed by atoms with Crippen LogP contribution in [0.1, 0.15) is 35.5 Å². The van der Waals surface area contributed by atoms with Crippen molar-refractivity contribution in [1.29, 1.82) is 0 Å². The average molecular weight is 509 g/mol. The highest BCUT2D eigenvalue weighted by Gasteiger charge is 2.22. The molecule has 0 saturated carbocycles. The first-order chi connectivity index (χ1) is 17.4. The molecule has 1 saturated heterocycles. The van der Waals surface area contributed by atoms with E-state index < -0.39 is 11.6 Å². The van der Waals surface area contributed by atoms with Gasteiger partial charge in [-0.2, -0.15) is 0 Å². The van der Waals surface area contributed by atoms with Crippen molar-refractivity contribution in [3.05, 3.63) is 58.4 Å². The van der Waals surface area contributed by atoms with Crippen molar-refractivity contribution in [2.75, 3.05) is 36.4 Å². The third-order valence-corrected chi connectivity index (χ3v) is 6.45. The molecule has 1 fully saturated rings. The molecule has 36 heavy (non-hydrogen) atoms. The number of rotatable bonds is 8. The van der Waals surface area contributed by atoms with Crippen molar-refractivity contribution in [1.82, 2.24) is 19.9 Å². The molecule has 0 unspecified atom stereocenters. The Morgan fingerprint density at radius 3 is 2.61 bits per heavy atom. The second kappa shape index (κ2) is 11.7. The summed E-state index contributed by atoms with van der Waals surface area (Å²) in [7, 11) is 0. The number of aromatic nitrogens is 3. The van der Waals surface area contributed by atoms with Crippen molar-refractivity contribution in [2.45, 2.75) is 26.2 Å². The zero-order chi connectivity index (χ0) is 25.5. The summed E-state index contributed by atoms with van der Waals surface area (Å²) >= 11 is 1.39. The standard InChI is InChI=1S/C26H26F2N6OS/c1-3-4-5-6-25(35)34-11-9-33(10-12-34)24-16-23(30-18(2)31-24)32-26-29-17-22(36-26)8-7-19-13-20(27)15-21(28)14-19/h1,7-8,13-17H,4-6,9-12H2,2H3,(H,29,30,31,32)/b8-7+. The van der Waals surface area contributed by atoms with Crippen LogP contribution in [-0.4, -0.2) is 51.9 Å². The summed E-state index contributed by atoms with van der Waals surface area (Å²) in [6, 6.07) is 5.23. The SMILES string of the molecule is C#CCCCC(=O)N1CCN(c2cc(Nc3ncc(/C=C/c4cc(F)cc(F)c4)s3)nc(C)n2)CC1. The number of thiazole rings is 1. The van der Waals surface area contributed by atoms with E-state index in [1.807, 2.05) is 17.9 Å². The molecule has 1 aromatic carbocycles. The van der Waals surface area contributed by atoms with Gasteiger partial charge in [-0.05, 0) is 37.1 Å². The third-order valence-electron chi connectivity index (χ3n) is 5.58. The second-order valence-corrected chi connectivity index (χ2v) is 9.38. The molecule has 0 aliphatic carbocycles. The molecule has 0 atom stereocenters. The Hall–Kier alpha value is -3.84. The molecular formula is C26H26F2N6OS. The van der Waals surface area contributed by atoms with E-state index in [1.54, 1.807) is 18.3 Å². The largest absolute Gasteiger partial charge is 0.353 e. The summed E-state index contributed by atoms with van der Waals surface area (Å²) in [4.78, 5) is 30.6. The Balaban J connectivity index is 1.37. The van der Waals surface area contributed by atoms with Crippen LogP contribution in [0.3, 0.4) is 0 Å². The number of hydrogen-bond donors (Lipinski definition) is 1. The highest BCUT2D eigenvalue weighted by Crippen LogP contribution is 2.26. The van der Waals surface area contributed by atoms with Crippen LogP contribution >= 0.6 is 11.3 Å². The van der Waals surface area contributed by atoms with Crippen LogP contribution in [0.4, 0.5) is 25.5 Å². The Morgan fingerprint density at radius 2 is 1.89 bits per heavy atom. The van der Waals surface area contributed by atoms with Gasteiger partial charge in [0.2, 0.25) is 5.91 Å². The van der Waals surface area contributed by atoms with Gasteiger partial charge in [-0.25, -0.2) is 23.7 Å². The van der Waals surface area contributed by atoms with Crippen LogP contribution < -0.4 is 10.2 Å². The van der Waals surface area contributed by atoms with Gasteiger partial charge < -0.3 is 15.1 Å². The minimum absolute atomic E-state index is 0.141. The van der Waals surface area contributed by atoms with Gasteiger partial charge in [0.1, 0.15) is 29.1 Å². The fraction of sp³-hybridized carbons (Fsp3) is 0.308. The molecule has 3 aromatic rings. The number of piperazine rings is 1. The quantitative estimate of drug-likeness (QED) is 0.345. The second-order valence-electron chi connectivity index (χ2n) is 8.31. The number of anilines is 3. The number of benzene rings is 1. The molecule has 1 aliphatic heterocycles. The first-order valence-corrected chi connectivity index (χ1v) is 12.4. The van der Waals surface area contributed by atoms with Crippen LogP contribution in [-0.2, 0) is 4.79 Å². The smallest absolute Gasteiger partial charge is 0.222 e. The van der Waals surface area contributed by atoms with E-state index in [-0.39, 0.29) is 5.91 Å². The number of aryl methyl sites for hydroxylation is 1. The number of terminal acetylenes is 1. The van der Waals surface area contributed by atoms with Crippen molar-refractivity contribution in [3.8, 4) is 12.3 Å². The molecule has 0 bridgehead atoms. The summed E-state index contributed by atoms with van der Waals surface area (Å²) in [5.74, 6) is 3.49. The topological polar surface area (TPSA) is 74.2 Å². The van der Waals surface area contributed by atoms with Crippen LogP contribution in [0.15, 0.2) is 30.5 Å². The zero-order valence-corrected chi connectivity index (χ0v) is 20.7. The molecule has 0 spiro atoms. The minimum Gasteiger partial charge on any atom is -0.353 e. The Morgan fingerprint density at radius 1 is 1.14 bits per heavy atom. The van der Waals surface area contributed by atoms with Gasteiger partial charge in [-0.3, -0.25) is 4.79 Å². The molecule has 10 heteroatoms. The summed E-state index contributed by atoms with van der Waals surface area (Å²) in [6.45, 7) is 4.47. The number of unbranched alkanes of at least 4 members (excludes halogenated alkanes) is 1. The van der Waals surface area contributed by atoms with E-state index in [4.69, 9.17) is 6.42 Å². The Kier molecular flexibility index (Phi) is 8.23. The number of carbonyl (C=O) groups is 1. The lowest BCUT2D eigenvalue weighted by Crippen LogP contribution is -2.49. The summed E-state index contributed by atoms with van der Waals surface area (Å²) < 4.78 is 26.8. The monoisotopic (exact) mass is 508 g/mol. The molecular weight excluding hydrogens is 482 g/mol. The predicted molar refractivity (Wildman–Crippen MR) is 139 cm³/mol. The summed E-state index contributed by atoms with van der Waals surface area (Å²) in [6.07, 6.45) is 12.1. The minimum atomic E-state index is -0.621. The maximum atomic E-state index is 13.4. The number of amides is 1. The van der Waals surface area contributed by atoms with Gasteiger partial charge in [0.15, 0.2) is 5.13 Å². The molecule has 1 aliphatic rings. The van der Waals surface area contributed by atoms with Crippen molar-refractivity contribution < 1.29 is 13.6 Å². The fourth-order valence-electron chi connectivity index (χ4n) is 3.84. The number of hydrogen-bond acceptors (Lipinski definition) is 7. The van der Waals surface area contributed by atoms with Crippen molar-refractivity contribution in [2.24, 2.45) is 0 Å². The molecule has 2 aromatic heterocycles. The van der Waals surface area contributed by atoms with Gasteiger partial charge in [0.05, 0.1) is 0 Å². The van der Waals surface area contributed by atoms with E-state index in [2.05, 4.69) is 31.1 Å². The zero-order valence-electron chi connectivity index (χ0n) is 19.9. The van der Waals surface area contributed by atoms with Gasteiger partial charge in [0.25, 0.3) is 0 Å². The Bertz CT molecular complexity index is 1270. The van der Waals surface area contributed by atoms with Gasteiger partial charge >= 0.3 is 0 Å². The van der Waals surface area contributed by atoms with E-state index in [1.165, 1.54) is 23.5 Å². The first kappa shape index (κ1) is 25.3. The third kappa shape index (κ3) is 6.86. The average Bonchev–Trinajstić information content (AvgIpc) is 3.29. The molecule has 3 heterocycles. The maximum absolute atomic E-state index is 13.4. The van der Waals surface area contributed by atoms with Crippen LogP contribution in [0.25, 0.3) is 12.2 Å². The summed E-state index contributed by atoms with van der Waals surface area (Å²) in [5.41, 5.74) is 0.431. The molecule has 1 N–H and O–H groups in total. The van der Waals surface area contributed by atoms with E-state index >= 15 is 0 Å². The van der Waals surface area contributed by atoms with Crippen LogP contribution in [0.5, 0.6) is 0 Å². The van der Waals surface area contributed by atoms with Crippen LogP contribution in [0, 0.1) is 30.9 Å². The number of halogens is 2. The van der Waals surface area contributed by atoms with E-state index in [0.717, 1.165) is 16.8 Å². The molecule has 1 amide bonds. The van der Waals surface area contributed by atoms with Gasteiger partial charge in [-0.1, -0.05) is 17.4 Å². The lowest BCUT2D eigenvalue weighted by Gasteiger charge is -2.35. The number of nitrogens with zero attached hydrogens (tertiary/aromatic N) is 5. The van der Waals surface area contributed by atoms with Crippen LogP contribution in [0.2, 0.25) is 0 Å². The highest BCUT2D eigenvalue weighted by molar-refractivity contribution is 7.16. The lowest BCUT2D eigenvalue weighted by atomic mass is 10.2. The number of carbonyl (C=O) groups excluding carboxylic acids is 1. The van der Waals surface area contributed by atoms with E-state index in [9.17, 15) is 13.6 Å². The summed E-state index contributed by atoms with van der Waals surface area (Å²) in [5, 5.41) is 3.84. The molecule has 186 valence electrons. The van der Waals surface area contributed by atoms with Crippen molar-refractivity contribution >= 4 is 46.2 Å². The first-order valence-electron chi connectivity index (χ1n) is 11.6. The van der Waals surface area contributed by atoms with E-state index in [0.29, 0.717) is 67.8 Å². The molecule has 4 rings (SSSR count). The highest BCUT2D eigenvalue weighted by atomic mass is 32.1. The van der Waals surface area contributed by atoms with Gasteiger partial charge in [0, 0.05) is 62.2 Å². The van der Waals surface area contributed by atoms with Gasteiger partial charge in [-0.15, -0.1) is 12.3 Å². The predicted octanol–water partition coefficient (Wildman–Crippen LogP) is 4.89. The maximum Gasteiger partial charge on any atom is 0.222 e. The number of nitrogens with one attached hydrogen (secondary N) is 1. The Labute approximate surface area is 212 Å². The van der Waals surface area contributed by atoms with Crippen molar-refractivity contribution in [3.63, 3.8) is 0 Å². The fourth-order valence-corrected chi connectivity index (χ4v) is 4.57. The molecule has 0 radical (unpaired) electrons. The molecule has 7 nitrogen and oxygen atoms in total.